The predicted octanol–water partition coefficient (Wildman–Crippen LogP) is 5.10. The molecule has 0 aromatic heterocycles. The number of nitrogens with zero attached hydrogens (tertiary/aromatic N) is 1. The summed E-state index contributed by atoms with van der Waals surface area (Å²) in [4.78, 5) is 27.0. The molecule has 4 rings (SSSR count). The fraction of sp³-hybridized carbons (Fsp3) is 0.462. The lowest BCUT2D eigenvalue weighted by Crippen LogP contribution is -2.49. The largest absolute Gasteiger partial charge is 0.461 e. The van der Waals surface area contributed by atoms with Gasteiger partial charge in [-0.3, -0.25) is 4.79 Å². The van der Waals surface area contributed by atoms with Crippen molar-refractivity contribution in [3.05, 3.63) is 65.8 Å². The van der Waals surface area contributed by atoms with Gasteiger partial charge >= 0.3 is 12.1 Å². The van der Waals surface area contributed by atoms with Crippen LogP contribution < -0.4 is 0 Å². The molecule has 1 aliphatic heterocycles. The lowest BCUT2D eigenvalue weighted by atomic mass is 9.82. The fourth-order valence-corrected chi connectivity index (χ4v) is 5.13. The second-order valence-corrected chi connectivity index (χ2v) is 9.10. The van der Waals surface area contributed by atoms with Gasteiger partial charge in [0.15, 0.2) is 0 Å². The van der Waals surface area contributed by atoms with Crippen molar-refractivity contribution in [3.8, 4) is 0 Å². The molecule has 3 unspecified atom stereocenters. The van der Waals surface area contributed by atoms with Gasteiger partial charge in [-0.05, 0) is 54.4 Å². The van der Waals surface area contributed by atoms with Crippen molar-refractivity contribution in [1.82, 2.24) is 4.90 Å². The molecule has 5 heteroatoms. The molecule has 1 saturated heterocycles. The summed E-state index contributed by atoms with van der Waals surface area (Å²) in [5.41, 5.74) is 4.46. The van der Waals surface area contributed by atoms with Crippen LogP contribution in [0.2, 0.25) is 0 Å². The van der Waals surface area contributed by atoms with Gasteiger partial charge in [-0.25, -0.2) is 4.79 Å². The minimum absolute atomic E-state index is 0.0582. The Labute approximate surface area is 184 Å². The number of esters is 1. The Bertz CT molecular complexity index is 946. The average Bonchev–Trinajstić information content (AvgIpc) is 3.10. The maximum absolute atomic E-state index is 12.9. The Morgan fingerprint density at radius 1 is 1.29 bits per heavy atom. The summed E-state index contributed by atoms with van der Waals surface area (Å²) in [6.07, 6.45) is 8.09. The molecule has 5 nitrogen and oxygen atoms in total. The molecule has 0 radical (unpaired) electrons. The summed E-state index contributed by atoms with van der Waals surface area (Å²) in [5.74, 6) is 0.236. The number of carbonyl (C=O) groups excluding carboxylic acids is 2. The molecular formula is C26H31NO4. The molecule has 3 atom stereocenters. The van der Waals surface area contributed by atoms with Crippen molar-refractivity contribution in [3.63, 3.8) is 0 Å². The van der Waals surface area contributed by atoms with E-state index >= 15 is 0 Å². The summed E-state index contributed by atoms with van der Waals surface area (Å²) in [6, 6.07) is 8.43. The molecular weight excluding hydrogens is 390 g/mol. The van der Waals surface area contributed by atoms with Gasteiger partial charge in [0.2, 0.25) is 0 Å². The molecule has 2 aliphatic carbocycles. The lowest BCUT2D eigenvalue weighted by molar-refractivity contribution is -0.156. The van der Waals surface area contributed by atoms with E-state index in [2.05, 4.69) is 43.9 Å². The minimum atomic E-state index is -0.711. The maximum Gasteiger partial charge on any atom is 0.409 e. The van der Waals surface area contributed by atoms with Gasteiger partial charge in [0.05, 0.1) is 5.41 Å². The van der Waals surface area contributed by atoms with Crippen LogP contribution in [0.15, 0.2) is 54.6 Å². The second kappa shape index (κ2) is 8.74. The SMILES string of the molecule is C=CCOC(=O)C1(C)CCCN(C(=O)OCC2C3=C(c4ccccc42)C(C)CC=C3)C1. The molecule has 1 fully saturated rings. The first-order chi connectivity index (χ1) is 14.9. The third kappa shape index (κ3) is 4.06. The van der Waals surface area contributed by atoms with Gasteiger partial charge in [0.25, 0.3) is 0 Å². The first-order valence-corrected chi connectivity index (χ1v) is 11.1. The van der Waals surface area contributed by atoms with E-state index in [0.29, 0.717) is 32.0 Å². The predicted molar refractivity (Wildman–Crippen MR) is 120 cm³/mol. The molecule has 1 aromatic rings. The zero-order valence-corrected chi connectivity index (χ0v) is 18.4. The molecule has 1 aromatic carbocycles. The Morgan fingerprint density at radius 2 is 2.10 bits per heavy atom. The lowest BCUT2D eigenvalue weighted by Gasteiger charge is -2.38. The average molecular weight is 422 g/mol. The van der Waals surface area contributed by atoms with Crippen LogP contribution in [0, 0.1) is 11.3 Å². The second-order valence-electron chi connectivity index (χ2n) is 9.10. The zero-order valence-electron chi connectivity index (χ0n) is 18.4. The van der Waals surface area contributed by atoms with Crippen molar-refractivity contribution in [1.29, 1.82) is 0 Å². The summed E-state index contributed by atoms with van der Waals surface area (Å²) in [6.45, 7) is 9.09. The third-order valence-corrected chi connectivity index (χ3v) is 6.75. The molecule has 1 heterocycles. The molecule has 31 heavy (non-hydrogen) atoms. The highest BCUT2D eigenvalue weighted by atomic mass is 16.6. The standard InChI is InChI=1S/C26H31NO4/c1-4-15-30-24(28)26(3)13-8-14-27(17-26)25(29)31-16-22-19-10-5-6-11-20(19)23-18(2)9-7-12-21(22)23/h4-7,10-12,18,22H,1,8-9,13-17H2,2-3H3. The number of rotatable bonds is 5. The number of amides is 1. The van der Waals surface area contributed by atoms with Crippen LogP contribution in [0.1, 0.15) is 50.2 Å². The highest BCUT2D eigenvalue weighted by Gasteiger charge is 2.41. The first-order valence-electron chi connectivity index (χ1n) is 11.1. The topological polar surface area (TPSA) is 55.8 Å². The fourth-order valence-electron chi connectivity index (χ4n) is 5.13. The highest BCUT2D eigenvalue weighted by molar-refractivity contribution is 5.83. The molecule has 0 saturated carbocycles. The maximum atomic E-state index is 12.9. The summed E-state index contributed by atoms with van der Waals surface area (Å²) in [7, 11) is 0. The van der Waals surface area contributed by atoms with Gasteiger partial charge in [-0.2, -0.15) is 0 Å². The van der Waals surface area contributed by atoms with Gasteiger partial charge < -0.3 is 14.4 Å². The van der Waals surface area contributed by atoms with E-state index in [4.69, 9.17) is 9.47 Å². The molecule has 0 N–H and O–H groups in total. The summed E-state index contributed by atoms with van der Waals surface area (Å²) < 4.78 is 11.1. The van der Waals surface area contributed by atoms with Crippen molar-refractivity contribution in [2.45, 2.75) is 39.0 Å². The highest BCUT2D eigenvalue weighted by Crippen LogP contribution is 2.48. The number of fused-ring (bicyclic) bond motifs is 2. The van der Waals surface area contributed by atoms with E-state index in [0.717, 1.165) is 12.8 Å². The van der Waals surface area contributed by atoms with Gasteiger partial charge in [0.1, 0.15) is 13.2 Å². The Hall–Kier alpha value is -2.82. The van der Waals surface area contributed by atoms with Crippen LogP contribution in [0.25, 0.3) is 5.57 Å². The van der Waals surface area contributed by atoms with Crippen LogP contribution in [0.5, 0.6) is 0 Å². The van der Waals surface area contributed by atoms with Crippen molar-refractivity contribution >= 4 is 17.6 Å². The Kier molecular flexibility index (Phi) is 6.03. The quantitative estimate of drug-likeness (QED) is 0.490. The molecule has 1 amide bonds. The number of ether oxygens (including phenoxy) is 2. The summed E-state index contributed by atoms with van der Waals surface area (Å²) >= 11 is 0. The number of hydrogen-bond donors (Lipinski definition) is 0. The van der Waals surface area contributed by atoms with E-state index in [1.807, 2.05) is 13.0 Å². The third-order valence-electron chi connectivity index (χ3n) is 6.75. The number of piperidine rings is 1. The van der Waals surface area contributed by atoms with Crippen LogP contribution >= 0.6 is 0 Å². The smallest absolute Gasteiger partial charge is 0.409 e. The number of likely N-dealkylation sites (tertiary alicyclic amines) is 1. The van der Waals surface area contributed by atoms with Gasteiger partial charge in [0, 0.05) is 19.0 Å². The van der Waals surface area contributed by atoms with E-state index in [1.165, 1.54) is 22.3 Å². The van der Waals surface area contributed by atoms with E-state index in [-0.39, 0.29) is 24.6 Å². The van der Waals surface area contributed by atoms with Gasteiger partial charge in [-0.15, -0.1) is 0 Å². The van der Waals surface area contributed by atoms with Crippen LogP contribution in [0.4, 0.5) is 4.79 Å². The van der Waals surface area contributed by atoms with Gasteiger partial charge in [-0.1, -0.05) is 56.0 Å². The minimum Gasteiger partial charge on any atom is -0.461 e. The number of hydrogen-bond acceptors (Lipinski definition) is 4. The number of benzene rings is 1. The molecule has 164 valence electrons. The van der Waals surface area contributed by atoms with Crippen LogP contribution in [-0.4, -0.2) is 43.3 Å². The Morgan fingerprint density at radius 3 is 2.90 bits per heavy atom. The van der Waals surface area contributed by atoms with Crippen molar-refractivity contribution in [2.24, 2.45) is 11.3 Å². The number of allylic oxidation sites excluding steroid dienone is 3. The van der Waals surface area contributed by atoms with Crippen LogP contribution in [0.3, 0.4) is 0 Å². The normalized spacial score (nSPS) is 26.8. The van der Waals surface area contributed by atoms with E-state index in [1.54, 1.807) is 11.0 Å². The zero-order chi connectivity index (χ0) is 22.0. The molecule has 0 spiro atoms. The van der Waals surface area contributed by atoms with Crippen molar-refractivity contribution < 1.29 is 19.1 Å². The Balaban J connectivity index is 1.44. The van der Waals surface area contributed by atoms with E-state index < -0.39 is 5.41 Å². The number of carbonyl (C=O) groups is 2. The summed E-state index contributed by atoms with van der Waals surface area (Å²) in [5, 5.41) is 0. The first kappa shape index (κ1) is 21.4. The van der Waals surface area contributed by atoms with Crippen molar-refractivity contribution in [2.75, 3.05) is 26.3 Å². The molecule has 0 bridgehead atoms. The van der Waals surface area contributed by atoms with Crippen LogP contribution in [-0.2, 0) is 14.3 Å². The molecule has 3 aliphatic rings. The van der Waals surface area contributed by atoms with E-state index in [9.17, 15) is 9.59 Å². The monoisotopic (exact) mass is 421 g/mol.